The van der Waals surface area contributed by atoms with Gasteiger partial charge in [0.1, 0.15) is 11.5 Å². The van der Waals surface area contributed by atoms with Crippen LogP contribution in [0.1, 0.15) is 23.7 Å². The third-order valence-electron chi connectivity index (χ3n) is 3.53. The maximum absolute atomic E-state index is 10.3. The minimum Gasteiger partial charge on any atom is -0.497 e. The van der Waals surface area contributed by atoms with Crippen LogP contribution in [0.4, 0.5) is 0 Å². The molecule has 4 heteroatoms. The molecule has 0 saturated carbocycles. The lowest BCUT2D eigenvalue weighted by molar-refractivity contribution is 0.134. The standard InChI is InChI=1S/C16H21NO3/c1-19-13-6-4-12(5-7-13)15(11-17)16(18)9-8-14-3-2-10-20-14/h2-7,10,15-16,18H,8-9,11,17H2,1H3. The molecule has 2 unspecified atom stereocenters. The van der Waals surface area contributed by atoms with Crippen molar-refractivity contribution >= 4 is 0 Å². The monoisotopic (exact) mass is 275 g/mol. The summed E-state index contributed by atoms with van der Waals surface area (Å²) >= 11 is 0. The Hall–Kier alpha value is -1.78. The molecule has 0 aliphatic carbocycles. The van der Waals surface area contributed by atoms with Crippen molar-refractivity contribution in [3.63, 3.8) is 0 Å². The van der Waals surface area contributed by atoms with Crippen LogP contribution in [0.25, 0.3) is 0 Å². The number of aliphatic hydroxyl groups excluding tert-OH is 1. The highest BCUT2D eigenvalue weighted by molar-refractivity contribution is 5.30. The fourth-order valence-corrected chi connectivity index (χ4v) is 2.31. The van der Waals surface area contributed by atoms with Gasteiger partial charge in [-0.05, 0) is 36.2 Å². The molecule has 0 saturated heterocycles. The van der Waals surface area contributed by atoms with Crippen LogP contribution in [0.15, 0.2) is 47.1 Å². The Bertz CT molecular complexity index is 493. The van der Waals surface area contributed by atoms with Crippen LogP contribution in [0, 0.1) is 0 Å². The van der Waals surface area contributed by atoms with E-state index in [1.807, 2.05) is 36.4 Å². The van der Waals surface area contributed by atoms with Gasteiger partial charge in [-0.25, -0.2) is 0 Å². The second-order valence-corrected chi connectivity index (χ2v) is 4.80. The smallest absolute Gasteiger partial charge is 0.118 e. The van der Waals surface area contributed by atoms with Crippen LogP contribution < -0.4 is 10.5 Å². The van der Waals surface area contributed by atoms with Crippen molar-refractivity contribution < 1.29 is 14.3 Å². The predicted octanol–water partition coefficient (Wildman–Crippen LogP) is 2.32. The van der Waals surface area contributed by atoms with Gasteiger partial charge < -0.3 is 20.0 Å². The van der Waals surface area contributed by atoms with Crippen molar-refractivity contribution in [1.82, 2.24) is 0 Å². The molecule has 0 aliphatic heterocycles. The molecule has 20 heavy (non-hydrogen) atoms. The van der Waals surface area contributed by atoms with Crippen molar-refractivity contribution in [2.75, 3.05) is 13.7 Å². The van der Waals surface area contributed by atoms with Crippen LogP contribution in [-0.4, -0.2) is 24.9 Å². The first-order chi connectivity index (χ1) is 9.74. The highest BCUT2D eigenvalue weighted by Crippen LogP contribution is 2.24. The normalized spacial score (nSPS) is 13.9. The molecular formula is C16H21NO3. The van der Waals surface area contributed by atoms with Crippen molar-refractivity contribution in [2.45, 2.75) is 24.9 Å². The Labute approximate surface area is 119 Å². The van der Waals surface area contributed by atoms with E-state index >= 15 is 0 Å². The first-order valence-electron chi connectivity index (χ1n) is 6.79. The van der Waals surface area contributed by atoms with E-state index in [9.17, 15) is 5.11 Å². The summed E-state index contributed by atoms with van der Waals surface area (Å²) in [5.74, 6) is 1.61. The van der Waals surface area contributed by atoms with Gasteiger partial charge in [0.05, 0.1) is 19.5 Å². The maximum Gasteiger partial charge on any atom is 0.118 e. The minimum absolute atomic E-state index is 0.0733. The molecule has 0 bridgehead atoms. The molecule has 2 rings (SSSR count). The lowest BCUT2D eigenvalue weighted by Gasteiger charge is -2.21. The number of ether oxygens (including phenoxy) is 1. The number of hydrogen-bond acceptors (Lipinski definition) is 4. The lowest BCUT2D eigenvalue weighted by atomic mass is 9.90. The molecule has 2 aromatic rings. The van der Waals surface area contributed by atoms with Crippen LogP contribution >= 0.6 is 0 Å². The Morgan fingerprint density at radius 3 is 2.55 bits per heavy atom. The molecule has 1 aromatic carbocycles. The summed E-state index contributed by atoms with van der Waals surface area (Å²) in [6.45, 7) is 0.408. The van der Waals surface area contributed by atoms with Crippen molar-refractivity contribution in [3.8, 4) is 5.75 Å². The first kappa shape index (κ1) is 14.6. The molecule has 3 N–H and O–H groups in total. The summed E-state index contributed by atoms with van der Waals surface area (Å²) in [6.07, 6.45) is 2.49. The average Bonchev–Trinajstić information content (AvgIpc) is 3.00. The summed E-state index contributed by atoms with van der Waals surface area (Å²) in [5.41, 5.74) is 6.84. The summed E-state index contributed by atoms with van der Waals surface area (Å²) in [5, 5.41) is 10.3. The number of aliphatic hydroxyl groups is 1. The fourth-order valence-electron chi connectivity index (χ4n) is 2.31. The molecule has 1 aromatic heterocycles. The van der Waals surface area contributed by atoms with Gasteiger partial charge in [0.25, 0.3) is 0 Å². The molecule has 0 aliphatic rings. The van der Waals surface area contributed by atoms with Gasteiger partial charge in [0.15, 0.2) is 0 Å². The lowest BCUT2D eigenvalue weighted by Crippen LogP contribution is -2.26. The average molecular weight is 275 g/mol. The van der Waals surface area contributed by atoms with Crippen LogP contribution in [0.3, 0.4) is 0 Å². The highest BCUT2D eigenvalue weighted by atomic mass is 16.5. The molecule has 0 fully saturated rings. The Balaban J connectivity index is 1.98. The molecule has 0 spiro atoms. The van der Waals surface area contributed by atoms with Crippen molar-refractivity contribution in [3.05, 3.63) is 54.0 Å². The number of nitrogens with two attached hydrogens (primary N) is 1. The minimum atomic E-state index is -0.488. The number of methoxy groups -OCH3 is 1. The van der Waals surface area contributed by atoms with E-state index in [0.29, 0.717) is 19.4 Å². The van der Waals surface area contributed by atoms with E-state index < -0.39 is 6.10 Å². The highest BCUT2D eigenvalue weighted by Gasteiger charge is 2.20. The van der Waals surface area contributed by atoms with Crippen molar-refractivity contribution in [2.24, 2.45) is 5.73 Å². The Morgan fingerprint density at radius 1 is 1.25 bits per heavy atom. The van der Waals surface area contributed by atoms with Gasteiger partial charge in [-0.1, -0.05) is 12.1 Å². The maximum atomic E-state index is 10.3. The quantitative estimate of drug-likeness (QED) is 0.813. The third kappa shape index (κ3) is 3.62. The first-order valence-corrected chi connectivity index (χ1v) is 6.79. The zero-order chi connectivity index (χ0) is 14.4. The molecule has 2 atom stereocenters. The topological polar surface area (TPSA) is 68.6 Å². The van der Waals surface area contributed by atoms with E-state index in [0.717, 1.165) is 17.1 Å². The van der Waals surface area contributed by atoms with Crippen molar-refractivity contribution in [1.29, 1.82) is 0 Å². The van der Waals surface area contributed by atoms with Gasteiger partial charge in [-0.2, -0.15) is 0 Å². The van der Waals surface area contributed by atoms with Gasteiger partial charge >= 0.3 is 0 Å². The molecule has 0 radical (unpaired) electrons. The second kappa shape index (κ2) is 7.12. The van der Waals surface area contributed by atoms with E-state index in [1.54, 1.807) is 13.4 Å². The number of benzene rings is 1. The summed E-state index contributed by atoms with van der Waals surface area (Å²) in [4.78, 5) is 0. The van der Waals surface area contributed by atoms with Gasteiger partial charge in [0, 0.05) is 18.9 Å². The Kier molecular flexibility index (Phi) is 5.21. The fraction of sp³-hybridized carbons (Fsp3) is 0.375. The van der Waals surface area contributed by atoms with Crippen LogP contribution in [0.5, 0.6) is 5.75 Å². The zero-order valence-corrected chi connectivity index (χ0v) is 11.7. The van der Waals surface area contributed by atoms with Gasteiger partial charge in [-0.3, -0.25) is 0 Å². The number of aryl methyl sites for hydroxylation is 1. The second-order valence-electron chi connectivity index (χ2n) is 4.80. The van der Waals surface area contributed by atoms with E-state index in [1.165, 1.54) is 0 Å². The van der Waals surface area contributed by atoms with Crippen LogP contribution in [0.2, 0.25) is 0 Å². The Morgan fingerprint density at radius 2 is 2.00 bits per heavy atom. The summed E-state index contributed by atoms with van der Waals surface area (Å²) in [7, 11) is 1.63. The van der Waals surface area contributed by atoms with E-state index in [-0.39, 0.29) is 5.92 Å². The SMILES string of the molecule is COc1ccc(C(CN)C(O)CCc2ccco2)cc1. The van der Waals surface area contributed by atoms with E-state index in [4.69, 9.17) is 14.9 Å². The molecule has 1 heterocycles. The molecule has 108 valence electrons. The number of rotatable bonds is 7. The zero-order valence-electron chi connectivity index (χ0n) is 11.7. The third-order valence-corrected chi connectivity index (χ3v) is 3.53. The van der Waals surface area contributed by atoms with Gasteiger partial charge in [-0.15, -0.1) is 0 Å². The predicted molar refractivity (Wildman–Crippen MR) is 77.8 cm³/mol. The van der Waals surface area contributed by atoms with Gasteiger partial charge in [0.2, 0.25) is 0 Å². The number of hydrogen-bond donors (Lipinski definition) is 2. The number of furan rings is 1. The molecule has 0 amide bonds. The van der Waals surface area contributed by atoms with Crippen LogP contribution in [-0.2, 0) is 6.42 Å². The largest absolute Gasteiger partial charge is 0.497 e. The molecular weight excluding hydrogens is 254 g/mol. The summed E-state index contributed by atoms with van der Waals surface area (Å²) < 4.78 is 10.4. The van der Waals surface area contributed by atoms with E-state index in [2.05, 4.69) is 0 Å². The summed E-state index contributed by atoms with van der Waals surface area (Å²) in [6, 6.07) is 11.4. The molecule has 4 nitrogen and oxygen atoms in total.